The van der Waals surface area contributed by atoms with Crippen molar-refractivity contribution in [3.63, 3.8) is 0 Å². The lowest BCUT2D eigenvalue weighted by Gasteiger charge is -2.33. The van der Waals surface area contributed by atoms with Gasteiger partial charge in [-0.15, -0.1) is 0 Å². The molecule has 0 bridgehead atoms. The van der Waals surface area contributed by atoms with Crippen molar-refractivity contribution in [1.29, 1.82) is 0 Å². The first kappa shape index (κ1) is 17.8. The van der Waals surface area contributed by atoms with Crippen LogP contribution >= 0.6 is 0 Å². The van der Waals surface area contributed by atoms with E-state index in [9.17, 15) is 18.0 Å². The number of hydrogen-bond donors (Lipinski definition) is 2. The van der Waals surface area contributed by atoms with Gasteiger partial charge >= 0.3 is 6.18 Å². The summed E-state index contributed by atoms with van der Waals surface area (Å²) in [5, 5.41) is 9.59. The second-order valence-electron chi connectivity index (χ2n) is 6.56. The minimum atomic E-state index is -4.25. The predicted molar refractivity (Wildman–Crippen MR) is 81.0 cm³/mol. The molecule has 1 heterocycles. The van der Waals surface area contributed by atoms with Crippen LogP contribution < -0.4 is 5.32 Å². The van der Waals surface area contributed by atoms with E-state index in [-0.39, 0.29) is 24.7 Å². The average molecular weight is 331 g/mol. The van der Waals surface area contributed by atoms with Crippen molar-refractivity contribution >= 4 is 5.91 Å². The summed E-state index contributed by atoms with van der Waals surface area (Å²) < 4.78 is 39.2. The molecular weight excluding hydrogens is 307 g/mol. The lowest BCUT2D eigenvalue weighted by molar-refractivity contribution is -0.189. The van der Waals surface area contributed by atoms with E-state index in [4.69, 9.17) is 0 Å². The lowest BCUT2D eigenvalue weighted by Crippen LogP contribution is -2.47. The molecule has 3 atom stereocenters. The summed E-state index contributed by atoms with van der Waals surface area (Å²) in [7, 11) is 0. The first-order chi connectivity index (χ1) is 10.7. The number of aromatic nitrogens is 2. The Hall–Kier alpha value is -1.53. The molecule has 0 unspecified atom stereocenters. The molecule has 1 amide bonds. The second kappa shape index (κ2) is 6.93. The standard InChI is InChI=1S/C16H24F3N3O/c1-9(15-10(2)21-22-11(15)3)8-14(23)20-13-7-5-4-6-12(13)16(17,18)19/h9,12-13H,4-8H2,1-3H3,(H,20,23)(H,21,22)/t9-,12-,13-/m1/s1. The van der Waals surface area contributed by atoms with Crippen LogP contribution in [0.5, 0.6) is 0 Å². The maximum Gasteiger partial charge on any atom is 0.393 e. The smallest absolute Gasteiger partial charge is 0.353 e. The number of rotatable bonds is 4. The summed E-state index contributed by atoms with van der Waals surface area (Å²) in [6, 6.07) is -0.796. The van der Waals surface area contributed by atoms with Gasteiger partial charge in [0.05, 0.1) is 11.6 Å². The molecule has 2 rings (SSSR count). The topological polar surface area (TPSA) is 57.8 Å². The van der Waals surface area contributed by atoms with Crippen LogP contribution in [0.4, 0.5) is 13.2 Å². The van der Waals surface area contributed by atoms with Crippen LogP contribution in [0.2, 0.25) is 0 Å². The van der Waals surface area contributed by atoms with Crippen molar-refractivity contribution in [3.8, 4) is 0 Å². The van der Waals surface area contributed by atoms with Crippen molar-refractivity contribution < 1.29 is 18.0 Å². The molecule has 0 radical (unpaired) electrons. The summed E-state index contributed by atoms with van der Waals surface area (Å²) in [6.07, 6.45) is -2.28. The van der Waals surface area contributed by atoms with Gasteiger partial charge in [0.25, 0.3) is 0 Å². The van der Waals surface area contributed by atoms with E-state index in [1.165, 1.54) is 0 Å². The summed E-state index contributed by atoms with van der Waals surface area (Å²) in [4.78, 5) is 12.2. The fourth-order valence-corrected chi connectivity index (χ4v) is 3.63. The van der Waals surface area contributed by atoms with Gasteiger partial charge in [-0.25, -0.2) is 0 Å². The van der Waals surface area contributed by atoms with Crippen LogP contribution in [0.25, 0.3) is 0 Å². The Morgan fingerprint density at radius 3 is 2.57 bits per heavy atom. The molecule has 130 valence electrons. The number of carbonyl (C=O) groups excluding carboxylic acids is 1. The maximum absolute atomic E-state index is 13.1. The molecule has 23 heavy (non-hydrogen) atoms. The highest BCUT2D eigenvalue weighted by Gasteiger charge is 2.45. The van der Waals surface area contributed by atoms with E-state index in [0.717, 1.165) is 23.4 Å². The number of aryl methyl sites for hydroxylation is 2. The van der Waals surface area contributed by atoms with E-state index >= 15 is 0 Å². The molecule has 4 nitrogen and oxygen atoms in total. The van der Waals surface area contributed by atoms with E-state index in [1.54, 1.807) is 0 Å². The van der Waals surface area contributed by atoms with Crippen LogP contribution in [-0.2, 0) is 4.79 Å². The Bertz CT molecular complexity index is 534. The molecule has 1 aliphatic rings. The average Bonchev–Trinajstić information content (AvgIpc) is 2.77. The molecule has 0 saturated heterocycles. The number of nitrogens with zero attached hydrogens (tertiary/aromatic N) is 1. The van der Waals surface area contributed by atoms with Crippen LogP contribution in [0.1, 0.15) is 61.9 Å². The highest BCUT2D eigenvalue weighted by atomic mass is 19.4. The Balaban J connectivity index is 1.98. The van der Waals surface area contributed by atoms with E-state index in [2.05, 4.69) is 15.5 Å². The van der Waals surface area contributed by atoms with Gasteiger partial charge in [0.2, 0.25) is 5.91 Å². The van der Waals surface area contributed by atoms with Gasteiger partial charge in [0, 0.05) is 18.2 Å². The Morgan fingerprint density at radius 2 is 2.00 bits per heavy atom. The SMILES string of the molecule is Cc1n[nH]c(C)c1[C@H](C)CC(=O)N[C@@H]1CCCC[C@H]1C(F)(F)F. The zero-order valence-corrected chi connectivity index (χ0v) is 13.8. The molecule has 0 aromatic carbocycles. The molecule has 1 aromatic heterocycles. The number of alkyl halides is 3. The third-order valence-corrected chi connectivity index (χ3v) is 4.70. The zero-order chi connectivity index (χ0) is 17.2. The molecule has 0 spiro atoms. The third-order valence-electron chi connectivity index (χ3n) is 4.70. The number of aromatic amines is 1. The van der Waals surface area contributed by atoms with Crippen molar-refractivity contribution in [2.75, 3.05) is 0 Å². The Kier molecular flexibility index (Phi) is 5.37. The van der Waals surface area contributed by atoms with Crippen LogP contribution in [0.3, 0.4) is 0 Å². The van der Waals surface area contributed by atoms with Crippen LogP contribution in [-0.4, -0.2) is 28.3 Å². The molecule has 7 heteroatoms. The zero-order valence-electron chi connectivity index (χ0n) is 13.8. The molecule has 2 N–H and O–H groups in total. The van der Waals surface area contributed by atoms with Gasteiger partial charge in [-0.2, -0.15) is 18.3 Å². The number of H-pyrrole nitrogens is 1. The fraction of sp³-hybridized carbons (Fsp3) is 0.750. The number of halogens is 3. The van der Waals surface area contributed by atoms with Gasteiger partial charge in [-0.1, -0.05) is 19.8 Å². The van der Waals surface area contributed by atoms with Crippen LogP contribution in [0.15, 0.2) is 0 Å². The number of amides is 1. The number of nitrogens with one attached hydrogen (secondary N) is 2. The molecule has 1 saturated carbocycles. The minimum Gasteiger partial charge on any atom is -0.353 e. The summed E-state index contributed by atoms with van der Waals surface area (Å²) in [5.41, 5.74) is 2.69. The van der Waals surface area contributed by atoms with E-state index in [0.29, 0.717) is 12.8 Å². The monoisotopic (exact) mass is 331 g/mol. The quantitative estimate of drug-likeness (QED) is 0.882. The fourth-order valence-electron chi connectivity index (χ4n) is 3.63. The normalized spacial score (nSPS) is 23.6. The van der Waals surface area contributed by atoms with Crippen molar-refractivity contribution in [2.45, 2.75) is 71.0 Å². The Morgan fingerprint density at radius 1 is 1.35 bits per heavy atom. The second-order valence-corrected chi connectivity index (χ2v) is 6.56. The van der Waals surface area contributed by atoms with Gasteiger partial charge < -0.3 is 5.32 Å². The van der Waals surface area contributed by atoms with Crippen molar-refractivity contribution in [3.05, 3.63) is 17.0 Å². The minimum absolute atomic E-state index is 0.0818. The highest BCUT2D eigenvalue weighted by Crippen LogP contribution is 2.38. The summed E-state index contributed by atoms with van der Waals surface area (Å²) in [6.45, 7) is 5.63. The first-order valence-electron chi connectivity index (χ1n) is 8.07. The molecule has 0 aliphatic heterocycles. The number of carbonyl (C=O) groups is 1. The van der Waals surface area contributed by atoms with Gasteiger partial charge in [0.15, 0.2) is 0 Å². The third kappa shape index (κ3) is 4.26. The molecule has 1 fully saturated rings. The van der Waals surface area contributed by atoms with Gasteiger partial charge in [-0.05, 0) is 38.2 Å². The predicted octanol–water partition coefficient (Wildman–Crippen LogP) is 3.76. The molecule has 1 aliphatic carbocycles. The van der Waals surface area contributed by atoms with E-state index < -0.39 is 18.1 Å². The summed E-state index contributed by atoms with van der Waals surface area (Å²) in [5.74, 6) is -1.83. The molecule has 1 aromatic rings. The molecular formula is C16H24F3N3O. The largest absolute Gasteiger partial charge is 0.393 e. The highest BCUT2D eigenvalue weighted by molar-refractivity contribution is 5.77. The van der Waals surface area contributed by atoms with Crippen LogP contribution in [0, 0.1) is 19.8 Å². The van der Waals surface area contributed by atoms with Crippen molar-refractivity contribution in [2.24, 2.45) is 5.92 Å². The number of hydrogen-bond acceptors (Lipinski definition) is 2. The first-order valence-corrected chi connectivity index (χ1v) is 8.07. The maximum atomic E-state index is 13.1. The Labute approximate surface area is 134 Å². The van der Waals surface area contributed by atoms with E-state index in [1.807, 2.05) is 20.8 Å². The summed E-state index contributed by atoms with van der Waals surface area (Å²) >= 11 is 0. The van der Waals surface area contributed by atoms with Gasteiger partial charge in [0.1, 0.15) is 0 Å². The van der Waals surface area contributed by atoms with Crippen molar-refractivity contribution in [1.82, 2.24) is 15.5 Å². The van der Waals surface area contributed by atoms with Gasteiger partial charge in [-0.3, -0.25) is 9.89 Å². The lowest BCUT2D eigenvalue weighted by atomic mass is 9.83.